The van der Waals surface area contributed by atoms with Gasteiger partial charge in [-0.3, -0.25) is 9.48 Å². The minimum absolute atomic E-state index is 0.176. The van der Waals surface area contributed by atoms with Gasteiger partial charge in [-0.25, -0.2) is 15.1 Å². The number of amides is 1. The summed E-state index contributed by atoms with van der Waals surface area (Å²) < 4.78 is 42.0. The third-order valence-electron chi connectivity index (χ3n) is 4.47. The minimum Gasteiger partial charge on any atom is -0.319 e. The van der Waals surface area contributed by atoms with Crippen molar-refractivity contribution in [2.24, 2.45) is 0 Å². The summed E-state index contributed by atoms with van der Waals surface area (Å²) in [5.74, 6) is -0.292. The number of hydrogen-bond donors (Lipinski definition) is 2. The Bertz CT molecular complexity index is 1280. The van der Waals surface area contributed by atoms with Gasteiger partial charge in [0.1, 0.15) is 12.2 Å². The maximum absolute atomic E-state index is 13.3. The van der Waals surface area contributed by atoms with Crippen LogP contribution in [0.25, 0.3) is 11.0 Å². The molecule has 14 heteroatoms. The molecule has 0 spiro atoms. The number of halogens is 4. The Morgan fingerprint density at radius 2 is 2.06 bits per heavy atom. The highest BCUT2D eigenvalue weighted by Crippen LogP contribution is 2.32. The van der Waals surface area contributed by atoms with Crippen LogP contribution < -0.4 is 5.32 Å². The molecular weight excluding hydrogens is 483 g/mol. The lowest BCUT2D eigenvalue weighted by atomic mass is 10.1. The van der Waals surface area contributed by atoms with Crippen LogP contribution in [0.1, 0.15) is 33.3 Å². The van der Waals surface area contributed by atoms with E-state index in [1.807, 2.05) is 0 Å². The maximum Gasteiger partial charge on any atom is 0.433 e. The van der Waals surface area contributed by atoms with Crippen molar-refractivity contribution < 1.29 is 18.0 Å². The largest absolute Gasteiger partial charge is 0.433 e. The zero-order valence-corrected chi connectivity index (χ0v) is 17.6. The van der Waals surface area contributed by atoms with E-state index in [2.05, 4.69) is 56.9 Å². The third kappa shape index (κ3) is 4.10. The maximum atomic E-state index is 13.3. The second kappa shape index (κ2) is 7.68. The van der Waals surface area contributed by atoms with E-state index in [0.717, 1.165) is 0 Å². The Kier molecular flexibility index (Phi) is 5.16. The SMILES string of the molecule is Cc1nn(Cc2nnn[nH]2)c(C)c1NC(=O)c1cc(C(F)(F)F)nc2ncc(Br)cc12. The molecule has 0 atom stereocenters. The van der Waals surface area contributed by atoms with Crippen LogP contribution in [-0.2, 0) is 12.7 Å². The van der Waals surface area contributed by atoms with Crippen LogP contribution in [0.3, 0.4) is 0 Å². The fraction of sp³-hybridized carbons (Fsp3) is 0.235. The molecule has 1 amide bonds. The van der Waals surface area contributed by atoms with Gasteiger partial charge in [0.25, 0.3) is 5.91 Å². The Balaban J connectivity index is 1.74. The first-order valence-corrected chi connectivity index (χ1v) is 9.54. The number of aryl methyl sites for hydroxylation is 1. The Hall–Kier alpha value is -3.42. The van der Waals surface area contributed by atoms with E-state index >= 15 is 0 Å². The number of tetrazole rings is 1. The van der Waals surface area contributed by atoms with E-state index < -0.39 is 17.8 Å². The molecule has 0 aliphatic carbocycles. The number of anilines is 1. The summed E-state index contributed by atoms with van der Waals surface area (Å²) in [6.45, 7) is 3.61. The van der Waals surface area contributed by atoms with E-state index in [4.69, 9.17) is 0 Å². The molecule has 4 aromatic heterocycles. The highest BCUT2D eigenvalue weighted by atomic mass is 79.9. The van der Waals surface area contributed by atoms with Gasteiger partial charge in [0.15, 0.2) is 11.5 Å². The average Bonchev–Trinajstić information content (AvgIpc) is 3.30. The highest BCUT2D eigenvalue weighted by molar-refractivity contribution is 9.10. The molecule has 0 aliphatic rings. The summed E-state index contributed by atoms with van der Waals surface area (Å²) in [5, 5.41) is 20.6. The van der Waals surface area contributed by atoms with Crippen molar-refractivity contribution in [1.82, 2.24) is 40.4 Å². The van der Waals surface area contributed by atoms with Crippen molar-refractivity contribution in [3.63, 3.8) is 0 Å². The Labute approximate surface area is 180 Å². The van der Waals surface area contributed by atoms with E-state index in [-0.39, 0.29) is 23.1 Å². The van der Waals surface area contributed by atoms with Crippen LogP contribution in [0.4, 0.5) is 18.9 Å². The molecule has 31 heavy (non-hydrogen) atoms. The van der Waals surface area contributed by atoms with Crippen molar-refractivity contribution >= 4 is 38.6 Å². The van der Waals surface area contributed by atoms with Gasteiger partial charge in [0.05, 0.1) is 22.6 Å². The summed E-state index contributed by atoms with van der Waals surface area (Å²) in [7, 11) is 0. The molecule has 0 aliphatic heterocycles. The normalized spacial score (nSPS) is 11.8. The molecule has 0 radical (unpaired) electrons. The number of pyridine rings is 2. The zero-order valence-electron chi connectivity index (χ0n) is 16.0. The molecule has 160 valence electrons. The first kappa shape index (κ1) is 20.8. The van der Waals surface area contributed by atoms with Crippen molar-refractivity contribution in [2.75, 3.05) is 5.32 Å². The van der Waals surface area contributed by atoms with Crippen LogP contribution >= 0.6 is 15.9 Å². The summed E-state index contributed by atoms with van der Waals surface area (Å²) in [6, 6.07) is 2.20. The first-order valence-electron chi connectivity index (χ1n) is 8.75. The number of nitrogens with zero attached hydrogens (tertiary/aromatic N) is 7. The first-order chi connectivity index (χ1) is 14.6. The summed E-state index contributed by atoms with van der Waals surface area (Å²) in [6.07, 6.45) is -3.42. The second-order valence-corrected chi connectivity index (χ2v) is 7.50. The van der Waals surface area contributed by atoms with Gasteiger partial charge in [-0.15, -0.1) is 5.10 Å². The van der Waals surface area contributed by atoms with Gasteiger partial charge in [-0.05, 0) is 52.3 Å². The number of rotatable bonds is 4. The van der Waals surface area contributed by atoms with Gasteiger partial charge in [0, 0.05) is 16.1 Å². The van der Waals surface area contributed by atoms with Crippen LogP contribution in [0.15, 0.2) is 22.8 Å². The third-order valence-corrected chi connectivity index (χ3v) is 4.91. The number of fused-ring (bicyclic) bond motifs is 1. The summed E-state index contributed by atoms with van der Waals surface area (Å²) in [5.41, 5.74) is -0.175. The molecule has 0 bridgehead atoms. The van der Waals surface area contributed by atoms with Crippen molar-refractivity contribution in [3.8, 4) is 0 Å². The van der Waals surface area contributed by atoms with Crippen molar-refractivity contribution in [1.29, 1.82) is 0 Å². The molecule has 4 rings (SSSR count). The lowest BCUT2D eigenvalue weighted by Crippen LogP contribution is -2.17. The van der Waals surface area contributed by atoms with Crippen LogP contribution in [0.2, 0.25) is 0 Å². The number of nitrogens with one attached hydrogen (secondary N) is 2. The number of H-pyrrole nitrogens is 1. The van der Waals surface area contributed by atoms with E-state index in [1.54, 1.807) is 18.5 Å². The number of aromatic nitrogens is 8. The number of hydrogen-bond acceptors (Lipinski definition) is 7. The molecule has 4 heterocycles. The van der Waals surface area contributed by atoms with Gasteiger partial charge in [-0.1, -0.05) is 0 Å². The fourth-order valence-electron chi connectivity index (χ4n) is 3.01. The van der Waals surface area contributed by atoms with Crippen molar-refractivity contribution in [2.45, 2.75) is 26.6 Å². The van der Waals surface area contributed by atoms with Gasteiger partial charge in [-0.2, -0.15) is 18.3 Å². The molecule has 0 saturated carbocycles. The zero-order chi connectivity index (χ0) is 22.3. The standard InChI is InChI=1S/C17H13BrF3N9O/c1-7-14(8(2)30(27-7)6-13-25-28-29-26-13)24-16(31)11-4-12(17(19,20)21)23-15-10(11)3-9(18)5-22-15/h3-5H,6H2,1-2H3,(H,24,31)(H,25,26,28,29). The molecule has 4 aromatic rings. The lowest BCUT2D eigenvalue weighted by molar-refractivity contribution is -0.141. The predicted octanol–water partition coefficient (Wildman–Crippen LogP) is 3.04. The Morgan fingerprint density at radius 1 is 1.29 bits per heavy atom. The molecule has 10 nitrogen and oxygen atoms in total. The summed E-state index contributed by atoms with van der Waals surface area (Å²) >= 11 is 3.22. The monoisotopic (exact) mass is 495 g/mol. The predicted molar refractivity (Wildman–Crippen MR) is 105 cm³/mol. The number of alkyl halides is 3. The topological polar surface area (TPSA) is 127 Å². The minimum atomic E-state index is -4.74. The van der Waals surface area contributed by atoms with E-state index in [9.17, 15) is 18.0 Å². The molecule has 0 unspecified atom stereocenters. The lowest BCUT2D eigenvalue weighted by Gasteiger charge is -2.12. The fourth-order valence-corrected chi connectivity index (χ4v) is 3.34. The smallest absolute Gasteiger partial charge is 0.319 e. The summed E-state index contributed by atoms with van der Waals surface area (Å²) in [4.78, 5) is 20.5. The highest BCUT2D eigenvalue weighted by Gasteiger charge is 2.34. The second-order valence-electron chi connectivity index (χ2n) is 6.58. The molecule has 0 fully saturated rings. The van der Waals surface area contributed by atoms with E-state index in [1.165, 1.54) is 12.3 Å². The molecule has 0 aromatic carbocycles. The molecule has 2 N–H and O–H groups in total. The quantitative estimate of drug-likeness (QED) is 0.445. The average molecular weight is 496 g/mol. The van der Waals surface area contributed by atoms with Crippen LogP contribution in [0, 0.1) is 13.8 Å². The van der Waals surface area contributed by atoms with Crippen molar-refractivity contribution in [3.05, 3.63) is 51.3 Å². The van der Waals surface area contributed by atoms with Crippen LogP contribution in [-0.4, -0.2) is 46.3 Å². The van der Waals surface area contributed by atoms with Gasteiger partial charge in [0.2, 0.25) is 0 Å². The molecule has 0 saturated heterocycles. The van der Waals surface area contributed by atoms with Crippen LogP contribution in [0.5, 0.6) is 0 Å². The number of carbonyl (C=O) groups excluding carboxylic acids is 1. The van der Waals surface area contributed by atoms with E-state index in [0.29, 0.717) is 33.4 Å². The molecular formula is C17H13BrF3N9O. The Morgan fingerprint density at radius 3 is 2.74 bits per heavy atom. The number of aromatic amines is 1. The van der Waals surface area contributed by atoms with Gasteiger partial charge >= 0.3 is 6.18 Å². The number of carbonyl (C=O) groups is 1. The van der Waals surface area contributed by atoms with Gasteiger partial charge < -0.3 is 5.32 Å².